The SMILES string of the molecule is C=CC(O)C(CCO)CCCC. The Hall–Kier alpha value is -0.340. The van der Waals surface area contributed by atoms with E-state index < -0.39 is 6.10 Å². The van der Waals surface area contributed by atoms with Gasteiger partial charge in [0.1, 0.15) is 0 Å². The molecule has 2 N–H and O–H groups in total. The Kier molecular flexibility index (Phi) is 7.11. The molecule has 0 bridgehead atoms. The molecule has 72 valence electrons. The maximum Gasteiger partial charge on any atom is 0.0747 e. The Morgan fingerprint density at radius 1 is 1.42 bits per heavy atom. The molecular formula is C10H20O2. The van der Waals surface area contributed by atoms with Gasteiger partial charge in [0.2, 0.25) is 0 Å². The topological polar surface area (TPSA) is 40.5 Å². The van der Waals surface area contributed by atoms with Crippen molar-refractivity contribution < 1.29 is 10.2 Å². The average Bonchev–Trinajstić information content (AvgIpc) is 2.11. The second-order valence-corrected chi connectivity index (χ2v) is 3.14. The largest absolute Gasteiger partial charge is 0.396 e. The van der Waals surface area contributed by atoms with Crippen LogP contribution in [0.25, 0.3) is 0 Å². The Labute approximate surface area is 74.9 Å². The summed E-state index contributed by atoms with van der Waals surface area (Å²) < 4.78 is 0. The minimum absolute atomic E-state index is 0.152. The lowest BCUT2D eigenvalue weighted by Crippen LogP contribution is -2.19. The smallest absolute Gasteiger partial charge is 0.0747 e. The highest BCUT2D eigenvalue weighted by molar-refractivity contribution is 4.84. The number of aliphatic hydroxyl groups excluding tert-OH is 2. The molecule has 12 heavy (non-hydrogen) atoms. The van der Waals surface area contributed by atoms with Crippen LogP contribution < -0.4 is 0 Å². The maximum atomic E-state index is 9.45. The van der Waals surface area contributed by atoms with E-state index in [1.165, 1.54) is 0 Å². The highest BCUT2D eigenvalue weighted by Crippen LogP contribution is 2.17. The van der Waals surface area contributed by atoms with Crippen molar-refractivity contribution in [3.8, 4) is 0 Å². The number of aliphatic hydroxyl groups is 2. The van der Waals surface area contributed by atoms with Crippen molar-refractivity contribution in [1.82, 2.24) is 0 Å². The van der Waals surface area contributed by atoms with E-state index in [1.807, 2.05) is 0 Å². The van der Waals surface area contributed by atoms with Crippen molar-refractivity contribution in [1.29, 1.82) is 0 Å². The Morgan fingerprint density at radius 2 is 2.08 bits per heavy atom. The number of hydrogen-bond donors (Lipinski definition) is 2. The van der Waals surface area contributed by atoms with E-state index >= 15 is 0 Å². The molecular weight excluding hydrogens is 152 g/mol. The van der Waals surface area contributed by atoms with Crippen molar-refractivity contribution in [2.45, 2.75) is 38.7 Å². The highest BCUT2D eigenvalue weighted by Gasteiger charge is 2.14. The molecule has 0 aliphatic heterocycles. The molecule has 0 radical (unpaired) electrons. The summed E-state index contributed by atoms with van der Waals surface area (Å²) in [4.78, 5) is 0. The molecule has 2 nitrogen and oxygen atoms in total. The summed E-state index contributed by atoms with van der Waals surface area (Å²) in [7, 11) is 0. The molecule has 0 aromatic heterocycles. The normalized spacial score (nSPS) is 15.6. The fourth-order valence-corrected chi connectivity index (χ4v) is 1.31. The molecule has 2 atom stereocenters. The van der Waals surface area contributed by atoms with Crippen LogP contribution in [0.3, 0.4) is 0 Å². The first-order valence-electron chi connectivity index (χ1n) is 4.67. The third kappa shape index (κ3) is 4.52. The second kappa shape index (κ2) is 7.32. The zero-order valence-corrected chi connectivity index (χ0v) is 7.87. The van der Waals surface area contributed by atoms with Crippen LogP contribution in [0.2, 0.25) is 0 Å². The Balaban J connectivity index is 3.75. The highest BCUT2D eigenvalue weighted by atomic mass is 16.3. The van der Waals surface area contributed by atoms with Gasteiger partial charge >= 0.3 is 0 Å². The summed E-state index contributed by atoms with van der Waals surface area (Å²) in [5.41, 5.74) is 0. The van der Waals surface area contributed by atoms with Crippen LogP contribution in [-0.4, -0.2) is 22.9 Å². The predicted molar refractivity (Wildman–Crippen MR) is 50.9 cm³/mol. The summed E-state index contributed by atoms with van der Waals surface area (Å²) in [5, 5.41) is 18.2. The maximum absolute atomic E-state index is 9.45. The first-order chi connectivity index (χ1) is 5.76. The lowest BCUT2D eigenvalue weighted by atomic mass is 9.93. The van der Waals surface area contributed by atoms with Crippen LogP contribution in [0.5, 0.6) is 0 Å². The van der Waals surface area contributed by atoms with Crippen molar-refractivity contribution in [3.05, 3.63) is 12.7 Å². The van der Waals surface area contributed by atoms with Gasteiger partial charge in [-0.3, -0.25) is 0 Å². The van der Waals surface area contributed by atoms with Crippen LogP contribution in [-0.2, 0) is 0 Å². The molecule has 0 spiro atoms. The zero-order chi connectivity index (χ0) is 9.40. The molecule has 0 fully saturated rings. The molecule has 0 saturated carbocycles. The van der Waals surface area contributed by atoms with Crippen LogP contribution in [0.15, 0.2) is 12.7 Å². The third-order valence-electron chi connectivity index (χ3n) is 2.15. The number of unbranched alkanes of at least 4 members (excludes halogenated alkanes) is 1. The minimum Gasteiger partial charge on any atom is -0.396 e. The van der Waals surface area contributed by atoms with Gasteiger partial charge in [0.05, 0.1) is 6.10 Å². The quantitative estimate of drug-likeness (QED) is 0.574. The van der Waals surface area contributed by atoms with Gasteiger partial charge in [0, 0.05) is 6.61 Å². The van der Waals surface area contributed by atoms with Gasteiger partial charge in [0.15, 0.2) is 0 Å². The van der Waals surface area contributed by atoms with E-state index in [0.717, 1.165) is 19.3 Å². The van der Waals surface area contributed by atoms with Crippen molar-refractivity contribution in [3.63, 3.8) is 0 Å². The van der Waals surface area contributed by atoms with Crippen molar-refractivity contribution in [2.75, 3.05) is 6.61 Å². The lowest BCUT2D eigenvalue weighted by Gasteiger charge is -2.18. The van der Waals surface area contributed by atoms with Gasteiger partial charge in [-0.15, -0.1) is 6.58 Å². The molecule has 2 unspecified atom stereocenters. The standard InChI is InChI=1S/C10H20O2/c1-3-5-6-9(7-8-11)10(12)4-2/h4,9-12H,2-3,5-8H2,1H3. The third-order valence-corrected chi connectivity index (χ3v) is 2.15. The molecule has 0 saturated heterocycles. The van der Waals surface area contributed by atoms with E-state index in [-0.39, 0.29) is 12.5 Å². The van der Waals surface area contributed by atoms with Gasteiger partial charge in [-0.05, 0) is 18.8 Å². The lowest BCUT2D eigenvalue weighted by molar-refractivity contribution is 0.120. The van der Waals surface area contributed by atoms with Crippen molar-refractivity contribution in [2.24, 2.45) is 5.92 Å². The van der Waals surface area contributed by atoms with Gasteiger partial charge in [-0.25, -0.2) is 0 Å². The van der Waals surface area contributed by atoms with Crippen LogP contribution in [0, 0.1) is 5.92 Å². The van der Waals surface area contributed by atoms with E-state index in [2.05, 4.69) is 13.5 Å². The summed E-state index contributed by atoms with van der Waals surface area (Å²) in [6.45, 7) is 5.81. The van der Waals surface area contributed by atoms with Gasteiger partial charge in [-0.2, -0.15) is 0 Å². The molecule has 0 heterocycles. The minimum atomic E-state index is -0.455. The second-order valence-electron chi connectivity index (χ2n) is 3.14. The molecule has 0 aromatic rings. The fourth-order valence-electron chi connectivity index (χ4n) is 1.31. The molecule has 0 aliphatic carbocycles. The van der Waals surface area contributed by atoms with Crippen LogP contribution >= 0.6 is 0 Å². The number of rotatable bonds is 7. The summed E-state index contributed by atoms with van der Waals surface area (Å²) in [5.74, 6) is 0.187. The first kappa shape index (κ1) is 11.7. The predicted octanol–water partition coefficient (Wildman–Crippen LogP) is 1.72. The first-order valence-corrected chi connectivity index (χ1v) is 4.67. The summed E-state index contributed by atoms with van der Waals surface area (Å²) in [6, 6.07) is 0. The molecule has 0 aliphatic rings. The van der Waals surface area contributed by atoms with E-state index in [0.29, 0.717) is 6.42 Å². The summed E-state index contributed by atoms with van der Waals surface area (Å²) >= 11 is 0. The van der Waals surface area contributed by atoms with Gasteiger partial charge < -0.3 is 10.2 Å². The zero-order valence-electron chi connectivity index (χ0n) is 7.87. The van der Waals surface area contributed by atoms with Crippen LogP contribution in [0.1, 0.15) is 32.6 Å². The molecule has 0 rings (SSSR count). The summed E-state index contributed by atoms with van der Waals surface area (Å²) in [6.07, 6.45) is 4.98. The molecule has 0 amide bonds. The van der Waals surface area contributed by atoms with Gasteiger partial charge in [0.25, 0.3) is 0 Å². The van der Waals surface area contributed by atoms with E-state index in [9.17, 15) is 5.11 Å². The van der Waals surface area contributed by atoms with Crippen molar-refractivity contribution >= 4 is 0 Å². The van der Waals surface area contributed by atoms with Crippen LogP contribution in [0.4, 0.5) is 0 Å². The monoisotopic (exact) mass is 172 g/mol. The molecule has 2 heteroatoms. The van der Waals surface area contributed by atoms with Gasteiger partial charge in [-0.1, -0.05) is 25.8 Å². The average molecular weight is 172 g/mol. The fraction of sp³-hybridized carbons (Fsp3) is 0.800. The van der Waals surface area contributed by atoms with E-state index in [1.54, 1.807) is 6.08 Å². The Bertz CT molecular complexity index is 112. The Morgan fingerprint density at radius 3 is 2.50 bits per heavy atom. The molecule has 0 aromatic carbocycles. The number of hydrogen-bond acceptors (Lipinski definition) is 2. The van der Waals surface area contributed by atoms with E-state index in [4.69, 9.17) is 5.11 Å².